The van der Waals surface area contributed by atoms with Gasteiger partial charge in [0.1, 0.15) is 5.65 Å². The molecule has 0 unspecified atom stereocenters. The maximum absolute atomic E-state index is 4.60. The number of benzene rings is 1. The third-order valence-electron chi connectivity index (χ3n) is 4.54. The van der Waals surface area contributed by atoms with E-state index in [0.29, 0.717) is 12.0 Å². The zero-order chi connectivity index (χ0) is 18.5. The molecular formula is C20H26N6. The number of aromatic amines is 1. The Hall–Kier alpha value is -2.76. The van der Waals surface area contributed by atoms with E-state index in [1.165, 1.54) is 5.56 Å². The minimum atomic E-state index is 0.346. The zero-order valence-corrected chi connectivity index (χ0v) is 15.9. The number of nitrogens with one attached hydrogen (secondary N) is 2. The van der Waals surface area contributed by atoms with E-state index in [4.69, 9.17) is 0 Å². The highest BCUT2D eigenvalue weighted by Gasteiger charge is 2.12. The summed E-state index contributed by atoms with van der Waals surface area (Å²) in [5.74, 6) is 0.658. The molecule has 2 heterocycles. The fraction of sp³-hybridized carbons (Fsp3) is 0.400. The molecule has 6 nitrogen and oxygen atoms in total. The summed E-state index contributed by atoms with van der Waals surface area (Å²) in [7, 11) is 1.70. The monoisotopic (exact) mass is 350 g/mol. The summed E-state index contributed by atoms with van der Waals surface area (Å²) in [5, 5.41) is 12.5. The molecule has 2 N–H and O–H groups in total. The molecule has 0 saturated heterocycles. The van der Waals surface area contributed by atoms with Crippen LogP contribution in [0.25, 0.3) is 22.2 Å². The van der Waals surface area contributed by atoms with Gasteiger partial charge in [-0.25, -0.2) is 4.98 Å². The van der Waals surface area contributed by atoms with Crippen LogP contribution in [0.5, 0.6) is 0 Å². The van der Waals surface area contributed by atoms with E-state index in [-0.39, 0.29) is 0 Å². The van der Waals surface area contributed by atoms with Crippen LogP contribution in [0.1, 0.15) is 39.2 Å². The molecule has 26 heavy (non-hydrogen) atoms. The van der Waals surface area contributed by atoms with Gasteiger partial charge in [-0.1, -0.05) is 26.3 Å². The molecule has 3 aromatic rings. The minimum absolute atomic E-state index is 0.346. The first-order chi connectivity index (χ1) is 12.7. The van der Waals surface area contributed by atoms with Crippen LogP contribution in [0, 0.1) is 0 Å². The van der Waals surface area contributed by atoms with Gasteiger partial charge in [-0.2, -0.15) is 15.2 Å². The quantitative estimate of drug-likeness (QED) is 0.552. The van der Waals surface area contributed by atoms with Crippen LogP contribution in [-0.4, -0.2) is 28.0 Å². The van der Waals surface area contributed by atoms with Crippen molar-refractivity contribution in [3.63, 3.8) is 0 Å². The number of nitrogens with zero attached hydrogens (tertiary/aromatic N) is 4. The first-order valence-corrected chi connectivity index (χ1v) is 9.20. The van der Waals surface area contributed by atoms with Crippen LogP contribution in [0.2, 0.25) is 0 Å². The van der Waals surface area contributed by atoms with E-state index in [1.807, 2.05) is 18.5 Å². The van der Waals surface area contributed by atoms with Gasteiger partial charge in [0.25, 0.3) is 0 Å². The Morgan fingerprint density at radius 2 is 2.12 bits per heavy atom. The molecule has 0 saturated carbocycles. The Bertz CT molecular complexity index is 912. The third kappa shape index (κ3) is 3.74. The molecule has 6 heteroatoms. The second kappa shape index (κ2) is 8.08. The second-order valence-corrected chi connectivity index (χ2v) is 6.51. The largest absolute Gasteiger partial charge is 0.352 e. The smallest absolute Gasteiger partial charge is 0.224 e. The number of H-pyrrole nitrogens is 1. The molecule has 1 atom stereocenters. The summed E-state index contributed by atoms with van der Waals surface area (Å²) < 4.78 is 0. The van der Waals surface area contributed by atoms with E-state index in [1.54, 1.807) is 7.05 Å². The van der Waals surface area contributed by atoms with Gasteiger partial charge in [0, 0.05) is 36.4 Å². The molecule has 0 aliphatic carbocycles. The number of azo groups is 1. The molecule has 0 bridgehead atoms. The summed E-state index contributed by atoms with van der Waals surface area (Å²) in [5.41, 5.74) is 5.23. The number of hydrogen-bond acceptors (Lipinski definition) is 5. The summed E-state index contributed by atoms with van der Waals surface area (Å²) in [4.78, 5) is 12.4. The van der Waals surface area contributed by atoms with Crippen LogP contribution >= 0.6 is 0 Å². The van der Waals surface area contributed by atoms with Crippen LogP contribution in [0.15, 0.2) is 40.8 Å². The van der Waals surface area contributed by atoms with Gasteiger partial charge < -0.3 is 10.3 Å². The number of rotatable bonds is 7. The lowest BCUT2D eigenvalue weighted by Crippen LogP contribution is -2.15. The summed E-state index contributed by atoms with van der Waals surface area (Å²) in [6.45, 7) is 6.43. The number of anilines is 1. The Labute approximate surface area is 154 Å². The van der Waals surface area contributed by atoms with Gasteiger partial charge in [0.05, 0.1) is 5.69 Å². The van der Waals surface area contributed by atoms with Crippen molar-refractivity contribution in [2.24, 2.45) is 10.2 Å². The Balaban J connectivity index is 1.99. The van der Waals surface area contributed by atoms with E-state index in [2.05, 4.69) is 63.4 Å². The standard InChI is InChI=1S/C20H26N6/c1-5-7-15-10-14(8-9-18(15)26-21-4)16-11-22-19-17(16)12-23-20(25-19)24-13(3)6-2/h8-13H,5-7H2,1-4H3,(H2,22,23,24,25)/t13-/m0/s1. The van der Waals surface area contributed by atoms with Gasteiger partial charge >= 0.3 is 0 Å². The number of hydrogen-bond donors (Lipinski definition) is 2. The van der Waals surface area contributed by atoms with E-state index in [0.717, 1.165) is 47.1 Å². The second-order valence-electron chi connectivity index (χ2n) is 6.51. The van der Waals surface area contributed by atoms with Crippen LogP contribution in [0.4, 0.5) is 11.6 Å². The van der Waals surface area contributed by atoms with Gasteiger partial charge in [-0.05, 0) is 43.0 Å². The predicted octanol–water partition coefficient (Wildman–Crippen LogP) is 5.50. The SMILES string of the molecule is CCCc1cc(-c2c[nH]c3nc(N[C@@H](C)CC)ncc23)ccc1N=NC. The number of fused-ring (bicyclic) bond motifs is 1. The Kier molecular flexibility index (Phi) is 5.61. The zero-order valence-electron chi connectivity index (χ0n) is 15.9. The molecule has 136 valence electrons. The van der Waals surface area contributed by atoms with E-state index >= 15 is 0 Å². The lowest BCUT2D eigenvalue weighted by molar-refractivity contribution is 0.754. The van der Waals surface area contributed by atoms with Crippen LogP contribution < -0.4 is 5.32 Å². The number of aromatic nitrogens is 3. The van der Waals surface area contributed by atoms with Gasteiger partial charge in [0.15, 0.2) is 0 Å². The topological polar surface area (TPSA) is 78.3 Å². The van der Waals surface area contributed by atoms with Gasteiger partial charge in [-0.15, -0.1) is 0 Å². The maximum Gasteiger partial charge on any atom is 0.224 e. The molecule has 2 aromatic heterocycles. The van der Waals surface area contributed by atoms with Gasteiger partial charge in [-0.3, -0.25) is 0 Å². The molecule has 1 aromatic carbocycles. The van der Waals surface area contributed by atoms with Crippen molar-refractivity contribution >= 4 is 22.7 Å². The van der Waals surface area contributed by atoms with Crippen molar-refractivity contribution < 1.29 is 0 Å². The molecule has 0 aliphatic heterocycles. The first-order valence-electron chi connectivity index (χ1n) is 9.20. The predicted molar refractivity (Wildman–Crippen MR) is 107 cm³/mol. The maximum atomic E-state index is 4.60. The summed E-state index contributed by atoms with van der Waals surface area (Å²) in [6.07, 6.45) is 6.96. The van der Waals surface area contributed by atoms with Gasteiger partial charge in [0.2, 0.25) is 5.95 Å². The number of aryl methyl sites for hydroxylation is 1. The Morgan fingerprint density at radius 3 is 2.85 bits per heavy atom. The highest BCUT2D eigenvalue weighted by molar-refractivity contribution is 5.93. The fourth-order valence-electron chi connectivity index (χ4n) is 2.97. The fourth-order valence-corrected chi connectivity index (χ4v) is 2.97. The van der Waals surface area contributed by atoms with Crippen molar-refractivity contribution in [2.75, 3.05) is 12.4 Å². The lowest BCUT2D eigenvalue weighted by atomic mass is 10.00. The minimum Gasteiger partial charge on any atom is -0.352 e. The van der Waals surface area contributed by atoms with Crippen LogP contribution in [-0.2, 0) is 6.42 Å². The van der Waals surface area contributed by atoms with E-state index in [9.17, 15) is 0 Å². The molecule has 0 fully saturated rings. The van der Waals surface area contributed by atoms with E-state index < -0.39 is 0 Å². The summed E-state index contributed by atoms with van der Waals surface area (Å²) >= 11 is 0. The molecule has 0 spiro atoms. The lowest BCUT2D eigenvalue weighted by Gasteiger charge is -2.10. The Morgan fingerprint density at radius 1 is 1.27 bits per heavy atom. The van der Waals surface area contributed by atoms with Crippen LogP contribution in [0.3, 0.4) is 0 Å². The highest BCUT2D eigenvalue weighted by atomic mass is 15.1. The normalized spacial score (nSPS) is 12.8. The molecule has 3 rings (SSSR count). The van der Waals surface area contributed by atoms with Crippen molar-refractivity contribution in [1.82, 2.24) is 15.0 Å². The van der Waals surface area contributed by atoms with Crippen molar-refractivity contribution in [3.05, 3.63) is 36.2 Å². The van der Waals surface area contributed by atoms with Crippen molar-refractivity contribution in [1.29, 1.82) is 0 Å². The molecule has 0 radical (unpaired) electrons. The average molecular weight is 350 g/mol. The average Bonchev–Trinajstić information content (AvgIpc) is 3.06. The van der Waals surface area contributed by atoms with Crippen molar-refractivity contribution in [3.8, 4) is 11.1 Å². The highest BCUT2D eigenvalue weighted by Crippen LogP contribution is 2.32. The molecule has 0 amide bonds. The molecule has 0 aliphatic rings. The first kappa shape index (κ1) is 18.0. The molecular weight excluding hydrogens is 324 g/mol. The summed E-state index contributed by atoms with van der Waals surface area (Å²) in [6, 6.07) is 6.66. The third-order valence-corrected chi connectivity index (χ3v) is 4.54. The van der Waals surface area contributed by atoms with Crippen molar-refractivity contribution in [2.45, 2.75) is 46.1 Å².